The zero-order chi connectivity index (χ0) is 11.4. The van der Waals surface area contributed by atoms with Crippen LogP contribution in [-0.2, 0) is 4.74 Å². The molecule has 1 aromatic rings. The van der Waals surface area contributed by atoms with E-state index in [1.807, 2.05) is 0 Å². The molecule has 2 rings (SSSR count). The SMILES string of the molecule is CCCC(C)c1nc(C2CNCCO2)no1. The third-order valence-corrected chi connectivity index (χ3v) is 2.82. The minimum Gasteiger partial charge on any atom is -0.367 e. The average molecular weight is 225 g/mol. The van der Waals surface area contributed by atoms with Gasteiger partial charge in [0.05, 0.1) is 6.61 Å². The van der Waals surface area contributed by atoms with Crippen LogP contribution >= 0.6 is 0 Å². The molecule has 0 bridgehead atoms. The van der Waals surface area contributed by atoms with Crippen LogP contribution in [0.25, 0.3) is 0 Å². The first-order valence-corrected chi connectivity index (χ1v) is 5.97. The lowest BCUT2D eigenvalue weighted by Gasteiger charge is -2.20. The summed E-state index contributed by atoms with van der Waals surface area (Å²) < 4.78 is 10.8. The van der Waals surface area contributed by atoms with E-state index in [9.17, 15) is 0 Å². The predicted octanol–water partition coefficient (Wildman–Crippen LogP) is 1.63. The van der Waals surface area contributed by atoms with Crippen molar-refractivity contribution in [3.05, 3.63) is 11.7 Å². The molecule has 1 saturated heterocycles. The molecule has 0 spiro atoms. The van der Waals surface area contributed by atoms with Crippen molar-refractivity contribution in [3.8, 4) is 0 Å². The number of nitrogens with zero attached hydrogens (tertiary/aromatic N) is 2. The van der Waals surface area contributed by atoms with Crippen LogP contribution < -0.4 is 5.32 Å². The Labute approximate surface area is 95.6 Å². The fourth-order valence-corrected chi connectivity index (χ4v) is 1.87. The second kappa shape index (κ2) is 5.41. The molecule has 90 valence electrons. The van der Waals surface area contributed by atoms with Crippen molar-refractivity contribution in [2.24, 2.45) is 0 Å². The van der Waals surface area contributed by atoms with Crippen molar-refractivity contribution in [2.75, 3.05) is 19.7 Å². The molecule has 0 radical (unpaired) electrons. The molecule has 1 fully saturated rings. The van der Waals surface area contributed by atoms with E-state index in [0.29, 0.717) is 18.3 Å². The van der Waals surface area contributed by atoms with E-state index < -0.39 is 0 Å². The number of rotatable bonds is 4. The van der Waals surface area contributed by atoms with E-state index >= 15 is 0 Å². The summed E-state index contributed by atoms with van der Waals surface area (Å²) in [5, 5.41) is 7.24. The van der Waals surface area contributed by atoms with Gasteiger partial charge in [0, 0.05) is 19.0 Å². The summed E-state index contributed by atoms with van der Waals surface area (Å²) >= 11 is 0. The summed E-state index contributed by atoms with van der Waals surface area (Å²) in [5.41, 5.74) is 0. The molecule has 16 heavy (non-hydrogen) atoms. The third-order valence-electron chi connectivity index (χ3n) is 2.82. The Balaban J connectivity index is 2.00. The van der Waals surface area contributed by atoms with Crippen LogP contribution in [0.15, 0.2) is 4.52 Å². The first-order chi connectivity index (χ1) is 7.81. The quantitative estimate of drug-likeness (QED) is 0.844. The Kier molecular flexibility index (Phi) is 3.90. The monoisotopic (exact) mass is 225 g/mol. The smallest absolute Gasteiger partial charge is 0.229 e. The second-order valence-corrected chi connectivity index (χ2v) is 4.24. The van der Waals surface area contributed by atoms with E-state index in [1.54, 1.807) is 0 Å². The largest absolute Gasteiger partial charge is 0.367 e. The van der Waals surface area contributed by atoms with Gasteiger partial charge in [0.25, 0.3) is 0 Å². The highest BCUT2D eigenvalue weighted by atomic mass is 16.5. The highest BCUT2D eigenvalue weighted by molar-refractivity contribution is 4.96. The number of ether oxygens (including phenoxy) is 1. The van der Waals surface area contributed by atoms with E-state index in [4.69, 9.17) is 9.26 Å². The average Bonchev–Trinajstić information content (AvgIpc) is 2.80. The molecular weight excluding hydrogens is 206 g/mol. The fraction of sp³-hybridized carbons (Fsp3) is 0.818. The maximum Gasteiger partial charge on any atom is 0.229 e. The number of aromatic nitrogens is 2. The van der Waals surface area contributed by atoms with Crippen LogP contribution in [0.2, 0.25) is 0 Å². The fourth-order valence-electron chi connectivity index (χ4n) is 1.87. The van der Waals surface area contributed by atoms with E-state index in [2.05, 4.69) is 29.3 Å². The van der Waals surface area contributed by atoms with Gasteiger partial charge < -0.3 is 14.6 Å². The molecule has 1 N–H and O–H groups in total. The summed E-state index contributed by atoms with van der Waals surface area (Å²) in [6, 6.07) is 0. The number of hydrogen-bond acceptors (Lipinski definition) is 5. The Bertz CT molecular complexity index is 321. The van der Waals surface area contributed by atoms with Gasteiger partial charge in [-0.25, -0.2) is 0 Å². The number of morpholine rings is 1. The third kappa shape index (κ3) is 2.59. The van der Waals surface area contributed by atoms with Gasteiger partial charge in [-0.3, -0.25) is 0 Å². The zero-order valence-corrected chi connectivity index (χ0v) is 9.90. The van der Waals surface area contributed by atoms with Gasteiger partial charge in [-0.1, -0.05) is 25.4 Å². The summed E-state index contributed by atoms with van der Waals surface area (Å²) in [6.45, 7) is 6.64. The van der Waals surface area contributed by atoms with Gasteiger partial charge in [-0.2, -0.15) is 4.98 Å². The van der Waals surface area contributed by atoms with Crippen LogP contribution in [0.1, 0.15) is 50.4 Å². The van der Waals surface area contributed by atoms with Crippen molar-refractivity contribution in [3.63, 3.8) is 0 Å². The molecule has 1 aromatic heterocycles. The number of hydrogen-bond donors (Lipinski definition) is 1. The highest BCUT2D eigenvalue weighted by Gasteiger charge is 2.22. The predicted molar refractivity (Wildman–Crippen MR) is 59.2 cm³/mol. The molecule has 0 aliphatic carbocycles. The topological polar surface area (TPSA) is 60.2 Å². The van der Waals surface area contributed by atoms with E-state index in [1.165, 1.54) is 0 Å². The first kappa shape index (κ1) is 11.5. The van der Waals surface area contributed by atoms with Crippen LogP contribution in [0, 0.1) is 0 Å². The van der Waals surface area contributed by atoms with Crippen LogP contribution in [0.5, 0.6) is 0 Å². The molecule has 0 aromatic carbocycles. The van der Waals surface area contributed by atoms with Crippen LogP contribution in [0.3, 0.4) is 0 Å². The minimum absolute atomic E-state index is 0.0555. The summed E-state index contributed by atoms with van der Waals surface area (Å²) in [6.07, 6.45) is 2.14. The number of nitrogens with one attached hydrogen (secondary N) is 1. The highest BCUT2D eigenvalue weighted by Crippen LogP contribution is 2.21. The molecule has 5 heteroatoms. The second-order valence-electron chi connectivity index (χ2n) is 4.24. The van der Waals surface area contributed by atoms with Crippen molar-refractivity contribution < 1.29 is 9.26 Å². The Hall–Kier alpha value is -0.940. The lowest BCUT2D eigenvalue weighted by Crippen LogP contribution is -2.33. The molecule has 1 aliphatic heterocycles. The van der Waals surface area contributed by atoms with Gasteiger partial charge in [0.2, 0.25) is 11.7 Å². The molecule has 2 unspecified atom stereocenters. The molecule has 0 amide bonds. The Morgan fingerprint density at radius 1 is 1.56 bits per heavy atom. The van der Waals surface area contributed by atoms with Crippen LogP contribution in [-0.4, -0.2) is 29.8 Å². The van der Waals surface area contributed by atoms with Crippen molar-refractivity contribution in [1.29, 1.82) is 0 Å². The lowest BCUT2D eigenvalue weighted by atomic mass is 10.1. The standard InChI is InChI=1S/C11H19N3O2/c1-3-4-8(2)11-13-10(14-16-11)9-7-12-5-6-15-9/h8-9,12H,3-7H2,1-2H3. The normalized spacial score (nSPS) is 23.2. The van der Waals surface area contributed by atoms with Crippen LogP contribution in [0.4, 0.5) is 0 Å². The van der Waals surface area contributed by atoms with Gasteiger partial charge in [-0.15, -0.1) is 0 Å². The van der Waals surface area contributed by atoms with Gasteiger partial charge in [0.1, 0.15) is 6.10 Å². The van der Waals surface area contributed by atoms with E-state index in [-0.39, 0.29) is 6.10 Å². The Morgan fingerprint density at radius 2 is 2.44 bits per heavy atom. The van der Waals surface area contributed by atoms with Crippen molar-refractivity contribution in [1.82, 2.24) is 15.5 Å². The maximum atomic E-state index is 5.57. The summed E-state index contributed by atoms with van der Waals surface area (Å²) in [5.74, 6) is 1.74. The van der Waals surface area contributed by atoms with Gasteiger partial charge in [0.15, 0.2) is 0 Å². The molecule has 0 saturated carbocycles. The van der Waals surface area contributed by atoms with Gasteiger partial charge >= 0.3 is 0 Å². The summed E-state index contributed by atoms with van der Waals surface area (Å²) in [4.78, 5) is 4.41. The van der Waals surface area contributed by atoms with Crippen molar-refractivity contribution >= 4 is 0 Å². The molecule has 2 heterocycles. The lowest BCUT2D eigenvalue weighted by molar-refractivity contribution is 0.0208. The minimum atomic E-state index is -0.0555. The van der Waals surface area contributed by atoms with E-state index in [0.717, 1.165) is 31.8 Å². The maximum absolute atomic E-state index is 5.57. The summed E-state index contributed by atoms with van der Waals surface area (Å²) in [7, 11) is 0. The molecule has 5 nitrogen and oxygen atoms in total. The zero-order valence-electron chi connectivity index (χ0n) is 9.90. The van der Waals surface area contributed by atoms with Gasteiger partial charge in [-0.05, 0) is 6.42 Å². The molecule has 1 aliphatic rings. The first-order valence-electron chi connectivity index (χ1n) is 5.97. The Morgan fingerprint density at radius 3 is 3.12 bits per heavy atom. The molecular formula is C11H19N3O2. The van der Waals surface area contributed by atoms with Crippen molar-refractivity contribution in [2.45, 2.75) is 38.7 Å². The molecule has 2 atom stereocenters.